The molecule has 0 radical (unpaired) electrons. The summed E-state index contributed by atoms with van der Waals surface area (Å²) in [6.45, 7) is 18.1. The smallest absolute Gasteiger partial charge is 0.413 e. The van der Waals surface area contributed by atoms with Crippen LogP contribution in [0.2, 0.25) is 0 Å². The first-order valence-electron chi connectivity index (χ1n) is 15.2. The van der Waals surface area contributed by atoms with Gasteiger partial charge in [0.15, 0.2) is 16.7 Å². The van der Waals surface area contributed by atoms with Gasteiger partial charge >= 0.3 is 18.2 Å². The van der Waals surface area contributed by atoms with Gasteiger partial charge < -0.3 is 35.0 Å². The number of hydrogen-bond donors (Lipinski definition) is 4. The average Bonchev–Trinajstić information content (AvgIpc) is 3.57. The number of esters is 1. The van der Waals surface area contributed by atoms with E-state index in [1.165, 1.54) is 24.0 Å². The van der Waals surface area contributed by atoms with E-state index in [4.69, 9.17) is 19.0 Å². The molecule has 1 aliphatic heterocycles. The van der Waals surface area contributed by atoms with Crippen LogP contribution in [0.5, 0.6) is 0 Å². The summed E-state index contributed by atoms with van der Waals surface area (Å²) in [5.74, 6) is -1.91. The largest absolute Gasteiger partial charge is 0.457 e. The van der Waals surface area contributed by atoms with Crippen LogP contribution < -0.4 is 21.3 Å². The normalized spacial score (nSPS) is 16.9. The lowest BCUT2D eigenvalue weighted by Gasteiger charge is -2.36. The van der Waals surface area contributed by atoms with Gasteiger partial charge in [0.1, 0.15) is 28.5 Å². The van der Waals surface area contributed by atoms with Gasteiger partial charge in [0.05, 0.1) is 19.1 Å². The number of β-lactam (4-membered cyclic amide) rings is 1. The Balaban J connectivity index is 1.76. The molecule has 0 saturated carbocycles. The van der Waals surface area contributed by atoms with Gasteiger partial charge in [0.2, 0.25) is 11.5 Å². The molecule has 2 aromatic heterocycles. The molecular weight excluding hydrogens is 664 g/mol. The first kappa shape index (κ1) is 38.6. The molecule has 270 valence electrons. The zero-order valence-corrected chi connectivity index (χ0v) is 30.2. The molecule has 3 rings (SSSR count). The van der Waals surface area contributed by atoms with Crippen LogP contribution in [0, 0.1) is 0 Å². The third-order valence-corrected chi connectivity index (χ3v) is 6.53. The number of rotatable bonds is 11. The summed E-state index contributed by atoms with van der Waals surface area (Å²) in [6.07, 6.45) is -1.42. The van der Waals surface area contributed by atoms with Crippen molar-refractivity contribution < 1.29 is 43.0 Å². The summed E-state index contributed by atoms with van der Waals surface area (Å²) < 4.78 is 15.8. The Bertz CT molecular complexity index is 1580. The molecule has 4 N–H and O–H groups in total. The average molecular weight is 709 g/mol. The minimum absolute atomic E-state index is 0.0193. The van der Waals surface area contributed by atoms with Crippen molar-refractivity contribution in [1.29, 1.82) is 0 Å². The van der Waals surface area contributed by atoms with Crippen molar-refractivity contribution in [3.63, 3.8) is 0 Å². The van der Waals surface area contributed by atoms with Gasteiger partial charge in [-0.15, -0.1) is 21.5 Å². The lowest BCUT2D eigenvalue weighted by molar-refractivity contribution is -0.179. The molecule has 19 nitrogen and oxygen atoms in total. The van der Waals surface area contributed by atoms with Crippen molar-refractivity contribution in [3.8, 4) is 0 Å². The maximum Gasteiger partial charge on any atom is 0.413 e. The molecule has 0 aromatic carbocycles. The Morgan fingerprint density at radius 2 is 1.55 bits per heavy atom. The number of anilines is 1. The molecule has 0 unspecified atom stereocenters. The highest BCUT2D eigenvalue weighted by Crippen LogP contribution is 2.21. The molecule has 2 atom stereocenters. The minimum atomic E-state index is -1.63. The van der Waals surface area contributed by atoms with Crippen LogP contribution in [-0.4, -0.2) is 95.4 Å². The molecule has 20 heteroatoms. The zero-order valence-electron chi connectivity index (χ0n) is 29.4. The molecule has 0 spiro atoms. The van der Waals surface area contributed by atoms with E-state index in [1.807, 2.05) is 0 Å². The Kier molecular flexibility index (Phi) is 11.6. The second kappa shape index (κ2) is 14.7. The van der Waals surface area contributed by atoms with Crippen molar-refractivity contribution in [1.82, 2.24) is 41.1 Å². The number of nitrogens with one attached hydrogen (secondary N) is 4. The van der Waals surface area contributed by atoms with Gasteiger partial charge in [0.25, 0.3) is 5.91 Å². The number of nitrogens with zero attached hydrogens (tertiary/aromatic N) is 6. The molecule has 1 saturated heterocycles. The summed E-state index contributed by atoms with van der Waals surface area (Å²) in [5, 5.41) is 27.8. The fourth-order valence-corrected chi connectivity index (χ4v) is 4.35. The summed E-state index contributed by atoms with van der Waals surface area (Å²) in [6, 6.07) is -1.71. The first-order valence-corrected chi connectivity index (χ1v) is 16.1. The second-order valence-electron chi connectivity index (χ2n) is 14.4. The third kappa shape index (κ3) is 12.3. The van der Waals surface area contributed by atoms with Gasteiger partial charge in [-0.1, -0.05) is 5.16 Å². The summed E-state index contributed by atoms with van der Waals surface area (Å²) in [4.78, 5) is 74.1. The Labute approximate surface area is 287 Å². The Hall–Kier alpha value is -4.88. The molecule has 49 heavy (non-hydrogen) atoms. The number of hydrogen-bond acceptors (Lipinski definition) is 15. The molecule has 0 bridgehead atoms. The Morgan fingerprint density at radius 1 is 0.939 bits per heavy atom. The lowest BCUT2D eigenvalue weighted by atomic mass is 9.98. The van der Waals surface area contributed by atoms with Crippen molar-refractivity contribution in [2.24, 2.45) is 5.16 Å². The van der Waals surface area contributed by atoms with E-state index in [0.29, 0.717) is 0 Å². The van der Waals surface area contributed by atoms with E-state index < -0.39 is 70.2 Å². The lowest BCUT2D eigenvalue weighted by Crippen LogP contribution is -2.70. The summed E-state index contributed by atoms with van der Waals surface area (Å²) >= 11 is 0.978. The first-order chi connectivity index (χ1) is 22.4. The quantitative estimate of drug-likeness (QED) is 0.0860. The van der Waals surface area contributed by atoms with Gasteiger partial charge in [0, 0.05) is 5.38 Å². The zero-order chi connectivity index (χ0) is 36.9. The van der Waals surface area contributed by atoms with Crippen LogP contribution >= 0.6 is 11.3 Å². The summed E-state index contributed by atoms with van der Waals surface area (Å²) in [5.41, 5.74) is -4.31. The van der Waals surface area contributed by atoms with Crippen molar-refractivity contribution >= 4 is 52.2 Å². The van der Waals surface area contributed by atoms with Crippen LogP contribution in [0.1, 0.15) is 87.7 Å². The molecular formula is C29H44N10O9S. The van der Waals surface area contributed by atoms with Gasteiger partial charge in [-0.05, 0) is 81.4 Å². The van der Waals surface area contributed by atoms with E-state index in [1.54, 1.807) is 62.3 Å². The topological polar surface area (TPSA) is 239 Å². The molecule has 3 heterocycles. The third-order valence-electron chi connectivity index (χ3n) is 5.77. The number of aromatic nitrogens is 5. The van der Waals surface area contributed by atoms with E-state index in [0.717, 1.165) is 11.3 Å². The number of alkyl carbamates (subject to hydrolysis) is 1. The van der Waals surface area contributed by atoms with Crippen LogP contribution in [0.4, 0.5) is 14.7 Å². The van der Waals surface area contributed by atoms with Crippen molar-refractivity contribution in [3.05, 3.63) is 16.9 Å². The predicted octanol–water partition coefficient (Wildman–Crippen LogP) is 2.03. The Morgan fingerprint density at radius 3 is 2.14 bits per heavy atom. The van der Waals surface area contributed by atoms with Gasteiger partial charge in [-0.3, -0.25) is 14.9 Å². The predicted molar refractivity (Wildman–Crippen MR) is 174 cm³/mol. The van der Waals surface area contributed by atoms with Crippen LogP contribution in [0.25, 0.3) is 0 Å². The van der Waals surface area contributed by atoms with Crippen LogP contribution in [-0.2, 0) is 46.5 Å². The fraction of sp³-hybridized carbons (Fsp3) is 0.655. The molecule has 2 aromatic rings. The molecule has 1 fully saturated rings. The van der Waals surface area contributed by atoms with E-state index in [-0.39, 0.29) is 29.7 Å². The number of carbonyl (C=O) groups is 5. The standard InChI is InChI=1S/C29H44N10O9S/c1-26(2,3)45-22(42)29(10,11)48-37-19(16-14-49-23(32-16)34-25(44)47-28(7,8)9)21(41)33-18-15(31-20(18)40)13-39-36-17(35-38-39)12-30-24(43)46-27(4,5)6/h14-15,18H,12-13H2,1-11H3,(H,30,43)(H,31,40)(H,33,41)(H,32,34,44)/b37-19+/t15-,18+/m1/s1. The monoisotopic (exact) mass is 708 g/mol. The minimum Gasteiger partial charge on any atom is -0.457 e. The van der Waals surface area contributed by atoms with E-state index in [2.05, 4.69) is 46.8 Å². The van der Waals surface area contributed by atoms with Gasteiger partial charge in [-0.2, -0.15) is 4.80 Å². The van der Waals surface area contributed by atoms with Gasteiger partial charge in [-0.25, -0.2) is 19.4 Å². The van der Waals surface area contributed by atoms with Crippen molar-refractivity contribution in [2.75, 3.05) is 5.32 Å². The van der Waals surface area contributed by atoms with Crippen molar-refractivity contribution in [2.45, 2.75) is 124 Å². The molecule has 0 aliphatic carbocycles. The van der Waals surface area contributed by atoms with E-state index >= 15 is 0 Å². The molecule has 4 amide bonds. The second-order valence-corrected chi connectivity index (χ2v) is 15.2. The number of tetrazole rings is 1. The highest BCUT2D eigenvalue weighted by molar-refractivity contribution is 7.14. The maximum absolute atomic E-state index is 13.6. The number of oxime groups is 1. The van der Waals surface area contributed by atoms with Crippen LogP contribution in [0.3, 0.4) is 0 Å². The highest BCUT2D eigenvalue weighted by Gasteiger charge is 2.42. The number of carbonyl (C=O) groups excluding carboxylic acids is 5. The summed E-state index contributed by atoms with van der Waals surface area (Å²) in [7, 11) is 0. The van der Waals surface area contributed by atoms with E-state index in [9.17, 15) is 24.0 Å². The van der Waals surface area contributed by atoms with Crippen LogP contribution in [0.15, 0.2) is 10.5 Å². The fourth-order valence-electron chi connectivity index (χ4n) is 3.67. The maximum atomic E-state index is 13.6. The SMILES string of the molecule is CC(C)(C)OC(=O)NCc1nnn(C[C@H]2NC(=O)[C@H]2NC(=O)/C(=N/OC(C)(C)C(=O)OC(C)(C)C)c2csc(NC(=O)OC(C)(C)C)n2)n1. The number of thiazole rings is 1. The number of ether oxygens (including phenoxy) is 3. The number of amides is 4. The highest BCUT2D eigenvalue weighted by atomic mass is 32.1. The molecule has 1 aliphatic rings.